The summed E-state index contributed by atoms with van der Waals surface area (Å²) in [5.74, 6) is -0.986. The first-order chi connectivity index (χ1) is 33.0. The number of hydrogen-bond donors (Lipinski definition) is 0. The zero-order valence-electron chi connectivity index (χ0n) is 42.9. The van der Waals surface area contributed by atoms with Crippen LogP contribution in [0.15, 0.2) is 134 Å². The topological polar surface area (TPSA) is 78.9 Å². The Morgan fingerprint density at radius 2 is 0.597 bits per heavy atom. The summed E-state index contributed by atoms with van der Waals surface area (Å²) in [6, 6.07) is 0. The highest BCUT2D eigenvalue weighted by atomic mass is 16.6. The molecule has 0 aromatic carbocycles. The van der Waals surface area contributed by atoms with Gasteiger partial charge in [-0.15, -0.1) is 0 Å². The highest BCUT2D eigenvalue weighted by molar-refractivity contribution is 5.71. The predicted molar refractivity (Wildman–Crippen MR) is 288 cm³/mol. The molecule has 0 aliphatic rings. The van der Waals surface area contributed by atoms with E-state index in [1.165, 1.54) is 77.0 Å². The summed E-state index contributed by atoms with van der Waals surface area (Å²) < 4.78 is 16.8. The average molecular weight is 925 g/mol. The molecule has 6 heteroatoms. The molecule has 1 unspecified atom stereocenters. The van der Waals surface area contributed by atoms with E-state index in [0.29, 0.717) is 19.3 Å². The SMILES string of the molecule is CC\C=C/C=C\C=C/C=C\C=C\C=C/C=C\CCCCCC(=O)OCC(COC(=O)CCCCCCC\C=C/C=C\C=C/CC)OC(=O)CCCCCCCCC/C=C\CCCCCCCC. The number of unbranched alkanes of at least 4 members (excludes halogenated alkanes) is 21. The van der Waals surface area contributed by atoms with Gasteiger partial charge in [-0.1, -0.05) is 244 Å². The van der Waals surface area contributed by atoms with Gasteiger partial charge in [0, 0.05) is 19.3 Å². The zero-order chi connectivity index (χ0) is 48.6. The first-order valence-electron chi connectivity index (χ1n) is 26.8. The predicted octanol–water partition coefficient (Wildman–Crippen LogP) is 17.9. The number of allylic oxidation sites excluding steroid dienone is 22. The molecule has 0 heterocycles. The third kappa shape index (κ3) is 52.4. The largest absolute Gasteiger partial charge is 0.462 e. The lowest BCUT2D eigenvalue weighted by Crippen LogP contribution is -2.30. The van der Waals surface area contributed by atoms with Crippen LogP contribution in [-0.4, -0.2) is 37.2 Å². The molecule has 0 saturated heterocycles. The molecule has 376 valence electrons. The van der Waals surface area contributed by atoms with Gasteiger partial charge in [0.1, 0.15) is 13.2 Å². The van der Waals surface area contributed by atoms with E-state index in [4.69, 9.17) is 14.2 Å². The number of rotatable bonds is 46. The molecular weight excluding hydrogens is 829 g/mol. The van der Waals surface area contributed by atoms with Gasteiger partial charge in [0.25, 0.3) is 0 Å². The Balaban J connectivity index is 4.54. The van der Waals surface area contributed by atoms with Crippen molar-refractivity contribution < 1.29 is 28.6 Å². The van der Waals surface area contributed by atoms with E-state index in [1.54, 1.807) is 0 Å². The van der Waals surface area contributed by atoms with Crippen LogP contribution < -0.4 is 0 Å². The van der Waals surface area contributed by atoms with Crippen molar-refractivity contribution in [1.29, 1.82) is 0 Å². The van der Waals surface area contributed by atoms with Crippen molar-refractivity contribution in [1.82, 2.24) is 0 Å². The van der Waals surface area contributed by atoms with Gasteiger partial charge in [-0.05, 0) is 83.5 Å². The molecule has 0 spiro atoms. The lowest BCUT2D eigenvalue weighted by molar-refractivity contribution is -0.167. The molecule has 6 nitrogen and oxygen atoms in total. The zero-order valence-corrected chi connectivity index (χ0v) is 42.9. The smallest absolute Gasteiger partial charge is 0.306 e. The Morgan fingerprint density at radius 1 is 0.313 bits per heavy atom. The van der Waals surface area contributed by atoms with Crippen LogP contribution in [0, 0.1) is 0 Å². The van der Waals surface area contributed by atoms with E-state index in [0.717, 1.165) is 96.3 Å². The Morgan fingerprint density at radius 3 is 0.970 bits per heavy atom. The number of carbonyl (C=O) groups is 3. The van der Waals surface area contributed by atoms with E-state index >= 15 is 0 Å². The van der Waals surface area contributed by atoms with Gasteiger partial charge in [-0.2, -0.15) is 0 Å². The molecule has 0 fully saturated rings. The minimum absolute atomic E-state index is 0.110. The monoisotopic (exact) mass is 925 g/mol. The van der Waals surface area contributed by atoms with Crippen LogP contribution >= 0.6 is 0 Å². The Bertz CT molecular complexity index is 1480. The van der Waals surface area contributed by atoms with Gasteiger partial charge in [0.15, 0.2) is 6.10 Å². The standard InChI is InChI=1S/C61H96O6/c1-4-7-10-13-16-19-22-25-27-29-30-32-33-36-39-42-45-48-51-54-60(63)66-57-58(56-65-59(62)53-50-47-44-41-38-35-24-21-18-15-12-9-6-3)67-61(64)55-52-49-46-43-40-37-34-31-28-26-23-20-17-14-11-8-5-2/h7,9-10,12-13,15-16,18-19,21-22,24-30,32-33,36,39,58H,4-6,8,11,14,17,20,23,31,34-35,37-38,40-57H2,1-3H3/b10-7-,12-9-,16-13-,18-15-,22-19-,24-21-,27-25-,28-26-,30-29+,33-32-,39-36-. The molecule has 0 bridgehead atoms. The molecule has 0 saturated carbocycles. The van der Waals surface area contributed by atoms with Crippen LogP contribution in [0.4, 0.5) is 0 Å². The molecule has 0 aromatic rings. The van der Waals surface area contributed by atoms with Crippen molar-refractivity contribution in [2.75, 3.05) is 13.2 Å². The van der Waals surface area contributed by atoms with Crippen molar-refractivity contribution in [3.8, 4) is 0 Å². The van der Waals surface area contributed by atoms with E-state index in [1.807, 2.05) is 72.9 Å². The maximum absolute atomic E-state index is 12.8. The van der Waals surface area contributed by atoms with Crippen molar-refractivity contribution in [2.24, 2.45) is 0 Å². The number of ether oxygens (including phenoxy) is 3. The maximum atomic E-state index is 12.8. The lowest BCUT2D eigenvalue weighted by Gasteiger charge is -2.18. The fourth-order valence-electron chi connectivity index (χ4n) is 6.89. The van der Waals surface area contributed by atoms with Crippen molar-refractivity contribution in [3.05, 3.63) is 134 Å². The van der Waals surface area contributed by atoms with Crippen molar-refractivity contribution in [3.63, 3.8) is 0 Å². The average Bonchev–Trinajstić information content (AvgIpc) is 3.33. The Kier molecular flexibility index (Phi) is 50.6. The van der Waals surface area contributed by atoms with Crippen LogP contribution in [0.1, 0.15) is 213 Å². The summed E-state index contributed by atoms with van der Waals surface area (Å²) >= 11 is 0. The first kappa shape index (κ1) is 62.5. The maximum Gasteiger partial charge on any atom is 0.306 e. The summed E-state index contributed by atoms with van der Waals surface area (Å²) in [7, 11) is 0. The quantitative estimate of drug-likeness (QED) is 0.0199. The summed E-state index contributed by atoms with van der Waals surface area (Å²) in [5, 5.41) is 0. The summed E-state index contributed by atoms with van der Waals surface area (Å²) in [6.45, 7) is 6.28. The minimum atomic E-state index is -0.813. The van der Waals surface area contributed by atoms with Crippen LogP contribution in [0.5, 0.6) is 0 Å². The van der Waals surface area contributed by atoms with Gasteiger partial charge in [-0.25, -0.2) is 0 Å². The number of esters is 3. The lowest BCUT2D eigenvalue weighted by atomic mass is 10.1. The Labute approximate surface area is 411 Å². The third-order valence-corrected chi connectivity index (χ3v) is 10.9. The van der Waals surface area contributed by atoms with Gasteiger partial charge in [0.2, 0.25) is 0 Å². The van der Waals surface area contributed by atoms with Gasteiger partial charge >= 0.3 is 17.9 Å². The molecule has 0 aliphatic carbocycles. The molecule has 67 heavy (non-hydrogen) atoms. The fourth-order valence-corrected chi connectivity index (χ4v) is 6.89. The van der Waals surface area contributed by atoms with E-state index in [-0.39, 0.29) is 31.1 Å². The molecule has 0 aliphatic heterocycles. The molecule has 0 radical (unpaired) electrons. The second-order valence-corrected chi connectivity index (χ2v) is 17.3. The summed E-state index contributed by atoms with van der Waals surface area (Å²) in [6.07, 6.45) is 75.7. The fraction of sp³-hybridized carbons (Fsp3) is 0.590. The highest BCUT2D eigenvalue weighted by Crippen LogP contribution is 2.14. The number of carbonyl (C=O) groups excluding carboxylic acids is 3. The molecule has 1 atom stereocenters. The van der Waals surface area contributed by atoms with E-state index < -0.39 is 6.10 Å². The van der Waals surface area contributed by atoms with Crippen molar-refractivity contribution >= 4 is 17.9 Å². The van der Waals surface area contributed by atoms with Crippen LogP contribution in [0.2, 0.25) is 0 Å². The number of hydrogen-bond acceptors (Lipinski definition) is 6. The van der Waals surface area contributed by atoms with Gasteiger partial charge < -0.3 is 14.2 Å². The Hall–Kier alpha value is -4.45. The third-order valence-electron chi connectivity index (χ3n) is 10.9. The van der Waals surface area contributed by atoms with Gasteiger partial charge in [-0.3, -0.25) is 14.4 Å². The molecule has 0 rings (SSSR count). The molecule has 0 N–H and O–H groups in total. The molecule has 0 amide bonds. The summed E-state index contributed by atoms with van der Waals surface area (Å²) in [4.78, 5) is 38.1. The van der Waals surface area contributed by atoms with Crippen LogP contribution in [0.3, 0.4) is 0 Å². The van der Waals surface area contributed by atoms with Crippen molar-refractivity contribution in [2.45, 2.75) is 219 Å². The highest BCUT2D eigenvalue weighted by Gasteiger charge is 2.19. The van der Waals surface area contributed by atoms with E-state index in [9.17, 15) is 14.4 Å². The molecular formula is C61H96O6. The summed E-state index contributed by atoms with van der Waals surface area (Å²) in [5.41, 5.74) is 0. The van der Waals surface area contributed by atoms with Crippen LogP contribution in [0.25, 0.3) is 0 Å². The van der Waals surface area contributed by atoms with Gasteiger partial charge in [0.05, 0.1) is 0 Å². The minimum Gasteiger partial charge on any atom is -0.462 e. The van der Waals surface area contributed by atoms with Crippen LogP contribution in [-0.2, 0) is 28.6 Å². The second-order valence-electron chi connectivity index (χ2n) is 17.3. The second kappa shape index (κ2) is 54.2. The first-order valence-corrected chi connectivity index (χ1v) is 26.8. The normalized spacial score (nSPS) is 13.2. The molecule has 0 aromatic heterocycles. The van der Waals surface area contributed by atoms with E-state index in [2.05, 4.69) is 81.5 Å².